The number of hydrogen-bond acceptors (Lipinski definition) is 4. The molecule has 1 aliphatic rings. The zero-order valence-electron chi connectivity index (χ0n) is 17.6. The van der Waals surface area contributed by atoms with Gasteiger partial charge in [-0.3, -0.25) is 19.2 Å². The van der Waals surface area contributed by atoms with Crippen LogP contribution in [0.25, 0.3) is 6.08 Å². The summed E-state index contributed by atoms with van der Waals surface area (Å²) in [6.45, 7) is 0.754. The lowest BCUT2D eigenvalue weighted by Crippen LogP contribution is -2.40. The van der Waals surface area contributed by atoms with Crippen molar-refractivity contribution in [3.05, 3.63) is 71.8 Å². The highest BCUT2D eigenvalue weighted by molar-refractivity contribution is 5.99. The predicted molar refractivity (Wildman–Crippen MR) is 121 cm³/mol. The van der Waals surface area contributed by atoms with Crippen LogP contribution in [0.1, 0.15) is 28.8 Å². The third kappa shape index (κ3) is 6.53. The molecule has 8 nitrogen and oxygen atoms in total. The van der Waals surface area contributed by atoms with Gasteiger partial charge in [0.1, 0.15) is 0 Å². The normalized spacial score (nSPS) is 14.2. The largest absolute Gasteiger partial charge is 0.368 e. The molecule has 1 heterocycles. The second kappa shape index (κ2) is 10.9. The van der Waals surface area contributed by atoms with Crippen LogP contribution in [0.4, 0.5) is 5.69 Å². The molecule has 0 aliphatic carbocycles. The minimum Gasteiger partial charge on any atom is -0.368 e. The summed E-state index contributed by atoms with van der Waals surface area (Å²) in [5, 5.41) is 5.24. The number of hydrogen-bond donors (Lipinski definition) is 3. The first kappa shape index (κ1) is 22.7. The standard InChI is InChI=1S/C24H26N4O4/c25-21(29)16-26-23(31)19-7-4-8-20(15-19)27-24(32)18-11-13-28(14-12-18)22(30)10-9-17-5-2-1-3-6-17/h1-10,15,18H,11-14,16H2,(H2,25,29)(H,26,31)(H,27,32)/b10-9+. The number of carbonyl (C=O) groups is 4. The highest BCUT2D eigenvalue weighted by Gasteiger charge is 2.26. The highest BCUT2D eigenvalue weighted by atomic mass is 16.2. The number of amides is 4. The van der Waals surface area contributed by atoms with E-state index < -0.39 is 11.8 Å². The first-order valence-electron chi connectivity index (χ1n) is 10.4. The van der Waals surface area contributed by atoms with Gasteiger partial charge in [-0.05, 0) is 42.7 Å². The fraction of sp³-hybridized carbons (Fsp3) is 0.250. The number of nitrogens with two attached hydrogens (primary N) is 1. The molecule has 166 valence electrons. The van der Waals surface area contributed by atoms with Crippen molar-refractivity contribution in [1.82, 2.24) is 10.2 Å². The van der Waals surface area contributed by atoms with Gasteiger partial charge in [-0.15, -0.1) is 0 Å². The van der Waals surface area contributed by atoms with E-state index in [0.29, 0.717) is 37.2 Å². The van der Waals surface area contributed by atoms with E-state index in [9.17, 15) is 19.2 Å². The van der Waals surface area contributed by atoms with E-state index in [1.54, 1.807) is 41.3 Å². The number of carbonyl (C=O) groups excluding carboxylic acids is 4. The monoisotopic (exact) mass is 434 g/mol. The maximum Gasteiger partial charge on any atom is 0.251 e. The Bertz CT molecular complexity index is 1010. The smallest absolute Gasteiger partial charge is 0.251 e. The molecule has 0 atom stereocenters. The number of benzene rings is 2. The molecular weight excluding hydrogens is 408 g/mol. The minimum atomic E-state index is -0.636. The molecule has 2 aromatic carbocycles. The first-order chi connectivity index (χ1) is 15.4. The van der Waals surface area contributed by atoms with Crippen LogP contribution in [0, 0.1) is 5.92 Å². The Hall–Kier alpha value is -3.94. The van der Waals surface area contributed by atoms with Crippen LogP contribution < -0.4 is 16.4 Å². The number of nitrogens with one attached hydrogen (secondary N) is 2. The van der Waals surface area contributed by atoms with Crippen molar-refractivity contribution in [3.63, 3.8) is 0 Å². The summed E-state index contributed by atoms with van der Waals surface area (Å²) in [5.41, 5.74) is 6.80. The maximum atomic E-state index is 12.7. The van der Waals surface area contributed by atoms with E-state index in [2.05, 4.69) is 10.6 Å². The number of nitrogens with zero attached hydrogens (tertiary/aromatic N) is 1. The Morgan fingerprint density at radius 1 is 1.00 bits per heavy atom. The molecule has 0 saturated carbocycles. The van der Waals surface area contributed by atoms with Gasteiger partial charge in [-0.25, -0.2) is 0 Å². The third-order valence-electron chi connectivity index (χ3n) is 5.21. The Kier molecular flexibility index (Phi) is 7.75. The molecule has 3 rings (SSSR count). The fourth-order valence-electron chi connectivity index (χ4n) is 3.45. The van der Waals surface area contributed by atoms with Gasteiger partial charge in [0.2, 0.25) is 17.7 Å². The zero-order chi connectivity index (χ0) is 22.9. The van der Waals surface area contributed by atoms with Gasteiger partial charge >= 0.3 is 0 Å². The molecule has 0 unspecified atom stereocenters. The molecule has 2 aromatic rings. The van der Waals surface area contributed by atoms with E-state index >= 15 is 0 Å². The van der Waals surface area contributed by atoms with Crippen molar-refractivity contribution in [2.45, 2.75) is 12.8 Å². The zero-order valence-corrected chi connectivity index (χ0v) is 17.6. The second-order valence-corrected chi connectivity index (χ2v) is 7.56. The molecule has 0 aromatic heterocycles. The number of piperidine rings is 1. The molecule has 32 heavy (non-hydrogen) atoms. The van der Waals surface area contributed by atoms with E-state index in [-0.39, 0.29) is 24.3 Å². The van der Waals surface area contributed by atoms with Crippen LogP contribution in [-0.2, 0) is 14.4 Å². The lowest BCUT2D eigenvalue weighted by Gasteiger charge is -2.30. The van der Waals surface area contributed by atoms with E-state index in [0.717, 1.165) is 5.56 Å². The maximum absolute atomic E-state index is 12.7. The van der Waals surface area contributed by atoms with E-state index in [1.807, 2.05) is 30.3 Å². The average molecular weight is 434 g/mol. The lowest BCUT2D eigenvalue weighted by atomic mass is 9.95. The Labute approximate surface area is 186 Å². The Morgan fingerprint density at radius 2 is 1.72 bits per heavy atom. The number of anilines is 1. The summed E-state index contributed by atoms with van der Waals surface area (Å²) in [4.78, 5) is 49.7. The summed E-state index contributed by atoms with van der Waals surface area (Å²) >= 11 is 0. The molecule has 0 radical (unpaired) electrons. The van der Waals surface area contributed by atoms with Crippen molar-refractivity contribution < 1.29 is 19.2 Å². The van der Waals surface area contributed by atoms with Crippen molar-refractivity contribution in [3.8, 4) is 0 Å². The molecular formula is C24H26N4O4. The van der Waals surface area contributed by atoms with Gasteiger partial charge in [-0.2, -0.15) is 0 Å². The van der Waals surface area contributed by atoms with E-state index in [4.69, 9.17) is 5.73 Å². The van der Waals surface area contributed by atoms with Gasteiger partial charge in [0, 0.05) is 36.3 Å². The average Bonchev–Trinajstić information content (AvgIpc) is 2.82. The Morgan fingerprint density at radius 3 is 2.41 bits per heavy atom. The molecule has 0 bridgehead atoms. The number of likely N-dealkylation sites (tertiary alicyclic amines) is 1. The van der Waals surface area contributed by atoms with Gasteiger partial charge in [0.05, 0.1) is 6.54 Å². The van der Waals surface area contributed by atoms with Crippen LogP contribution >= 0.6 is 0 Å². The van der Waals surface area contributed by atoms with Crippen molar-refractivity contribution in [2.75, 3.05) is 25.0 Å². The van der Waals surface area contributed by atoms with Gasteiger partial charge < -0.3 is 21.3 Å². The first-order valence-corrected chi connectivity index (χ1v) is 10.4. The van der Waals surface area contributed by atoms with E-state index in [1.165, 1.54) is 0 Å². The summed E-state index contributed by atoms with van der Waals surface area (Å²) in [7, 11) is 0. The summed E-state index contributed by atoms with van der Waals surface area (Å²) < 4.78 is 0. The van der Waals surface area contributed by atoms with Gasteiger partial charge in [-0.1, -0.05) is 36.4 Å². The van der Waals surface area contributed by atoms with Crippen molar-refractivity contribution in [1.29, 1.82) is 0 Å². The molecule has 0 spiro atoms. The summed E-state index contributed by atoms with van der Waals surface area (Å²) in [5.74, 6) is -1.52. The number of primary amides is 1. The molecule has 4 amide bonds. The second-order valence-electron chi connectivity index (χ2n) is 7.56. The molecule has 4 N–H and O–H groups in total. The topological polar surface area (TPSA) is 122 Å². The predicted octanol–water partition coefficient (Wildman–Crippen LogP) is 1.79. The highest BCUT2D eigenvalue weighted by Crippen LogP contribution is 2.20. The van der Waals surface area contributed by atoms with Gasteiger partial charge in [0.25, 0.3) is 5.91 Å². The van der Waals surface area contributed by atoms with Crippen LogP contribution in [0.3, 0.4) is 0 Å². The molecule has 1 fully saturated rings. The molecule has 8 heteroatoms. The Balaban J connectivity index is 1.50. The quantitative estimate of drug-likeness (QED) is 0.575. The summed E-state index contributed by atoms with van der Waals surface area (Å²) in [6, 6.07) is 16.1. The summed E-state index contributed by atoms with van der Waals surface area (Å²) in [6.07, 6.45) is 4.48. The van der Waals surface area contributed by atoms with Crippen molar-refractivity contribution in [2.24, 2.45) is 11.7 Å². The minimum absolute atomic E-state index is 0.0672. The SMILES string of the molecule is NC(=O)CNC(=O)c1cccc(NC(=O)C2CCN(C(=O)/C=C/c3ccccc3)CC2)c1. The van der Waals surface area contributed by atoms with Crippen LogP contribution in [0.2, 0.25) is 0 Å². The van der Waals surface area contributed by atoms with Gasteiger partial charge in [0.15, 0.2) is 0 Å². The molecule has 1 saturated heterocycles. The van der Waals surface area contributed by atoms with Crippen molar-refractivity contribution >= 4 is 35.4 Å². The number of rotatable bonds is 7. The third-order valence-corrected chi connectivity index (χ3v) is 5.21. The van der Waals surface area contributed by atoms with Crippen LogP contribution in [-0.4, -0.2) is 48.2 Å². The molecule has 1 aliphatic heterocycles. The van der Waals surface area contributed by atoms with Crippen LogP contribution in [0.5, 0.6) is 0 Å². The van der Waals surface area contributed by atoms with Crippen LogP contribution in [0.15, 0.2) is 60.7 Å². The fourth-order valence-corrected chi connectivity index (χ4v) is 3.45. The lowest BCUT2D eigenvalue weighted by molar-refractivity contribution is -0.130.